The summed E-state index contributed by atoms with van der Waals surface area (Å²) >= 11 is 0. The predicted molar refractivity (Wildman–Crippen MR) is 118 cm³/mol. The van der Waals surface area contributed by atoms with Gasteiger partial charge in [-0.05, 0) is 68.3 Å². The number of anilines is 1. The van der Waals surface area contributed by atoms with Crippen molar-refractivity contribution in [1.29, 1.82) is 0 Å². The normalized spacial score (nSPS) is 16.9. The van der Waals surface area contributed by atoms with Crippen LogP contribution in [0, 0.1) is 11.6 Å². The van der Waals surface area contributed by atoms with Crippen molar-refractivity contribution in [3.8, 4) is 0 Å². The lowest BCUT2D eigenvalue weighted by molar-refractivity contribution is 0.216. The Morgan fingerprint density at radius 1 is 0.967 bits per heavy atom. The first-order valence-corrected chi connectivity index (χ1v) is 10.8. The van der Waals surface area contributed by atoms with Gasteiger partial charge in [-0.3, -0.25) is 4.90 Å². The average molecular weight is 410 g/mol. The third-order valence-corrected chi connectivity index (χ3v) is 6.06. The maximum absolute atomic E-state index is 14.8. The molecule has 5 heteroatoms. The van der Waals surface area contributed by atoms with Gasteiger partial charge < -0.3 is 9.47 Å². The zero-order chi connectivity index (χ0) is 21.1. The van der Waals surface area contributed by atoms with Gasteiger partial charge in [0.2, 0.25) is 0 Å². The Hall–Kier alpha value is -2.66. The minimum Gasteiger partial charge on any atom is -0.372 e. The molecule has 3 nitrogen and oxygen atoms in total. The second kappa shape index (κ2) is 9.00. The van der Waals surface area contributed by atoms with Gasteiger partial charge in [0.15, 0.2) is 0 Å². The van der Waals surface area contributed by atoms with Crippen LogP contribution < -0.4 is 4.90 Å². The number of aryl methyl sites for hydroxylation is 1. The SMILES string of the molecule is CCN(CC)c1ccc(CN2CCCn3cccc3C2c2cc(F)ccc2F)cc1. The molecule has 0 fully saturated rings. The van der Waals surface area contributed by atoms with E-state index in [9.17, 15) is 8.78 Å². The van der Waals surface area contributed by atoms with Crippen LogP contribution >= 0.6 is 0 Å². The Bertz CT molecular complexity index is 976. The molecule has 4 rings (SSSR count). The van der Waals surface area contributed by atoms with Crippen molar-refractivity contribution < 1.29 is 8.78 Å². The van der Waals surface area contributed by atoms with Crippen LogP contribution in [0.2, 0.25) is 0 Å². The summed E-state index contributed by atoms with van der Waals surface area (Å²) in [7, 11) is 0. The summed E-state index contributed by atoms with van der Waals surface area (Å²) in [6.07, 6.45) is 2.99. The highest BCUT2D eigenvalue weighted by Crippen LogP contribution is 2.35. The van der Waals surface area contributed by atoms with Crippen molar-refractivity contribution in [3.05, 3.63) is 89.2 Å². The Kier molecular flexibility index (Phi) is 6.18. The number of halogens is 2. The zero-order valence-corrected chi connectivity index (χ0v) is 17.7. The molecule has 0 N–H and O–H groups in total. The van der Waals surface area contributed by atoms with E-state index in [1.165, 1.54) is 29.4 Å². The number of hydrogen-bond acceptors (Lipinski definition) is 2. The Labute approximate surface area is 177 Å². The first kappa shape index (κ1) is 20.6. The molecule has 1 atom stereocenters. The first-order chi connectivity index (χ1) is 14.6. The average Bonchev–Trinajstić information content (AvgIpc) is 3.14. The van der Waals surface area contributed by atoms with Gasteiger partial charge in [-0.25, -0.2) is 8.78 Å². The van der Waals surface area contributed by atoms with Gasteiger partial charge in [0.25, 0.3) is 0 Å². The van der Waals surface area contributed by atoms with Crippen molar-refractivity contribution in [3.63, 3.8) is 0 Å². The van der Waals surface area contributed by atoms with Crippen LogP contribution in [0.25, 0.3) is 0 Å². The molecular formula is C25H29F2N3. The van der Waals surface area contributed by atoms with E-state index in [0.717, 1.165) is 38.3 Å². The standard InChI is InChI=1S/C25H29F2N3/c1-3-28(4-2)21-11-8-19(9-12-21)18-30-16-6-15-29-14-5-7-24(29)25(30)22-17-20(26)10-13-23(22)27/h5,7-14,17,25H,3-4,6,15-16,18H2,1-2H3. The van der Waals surface area contributed by atoms with Crippen molar-refractivity contribution in [2.75, 3.05) is 24.5 Å². The van der Waals surface area contributed by atoms with Crippen LogP contribution in [0.3, 0.4) is 0 Å². The van der Waals surface area contributed by atoms with Crippen molar-refractivity contribution >= 4 is 5.69 Å². The van der Waals surface area contributed by atoms with E-state index < -0.39 is 5.82 Å². The van der Waals surface area contributed by atoms with Crippen LogP contribution in [-0.2, 0) is 13.1 Å². The maximum atomic E-state index is 14.8. The summed E-state index contributed by atoms with van der Waals surface area (Å²) in [5, 5.41) is 0. The third kappa shape index (κ3) is 4.12. The van der Waals surface area contributed by atoms with Crippen molar-refractivity contribution in [2.45, 2.75) is 39.4 Å². The second-order valence-corrected chi connectivity index (χ2v) is 7.86. The summed E-state index contributed by atoms with van der Waals surface area (Å²) < 4.78 is 31.0. The molecule has 0 radical (unpaired) electrons. The molecule has 1 aromatic heterocycles. The highest BCUT2D eigenvalue weighted by Gasteiger charge is 2.29. The van der Waals surface area contributed by atoms with E-state index in [2.05, 4.69) is 52.5 Å². The van der Waals surface area contributed by atoms with Gasteiger partial charge in [0, 0.05) is 55.9 Å². The van der Waals surface area contributed by atoms with Gasteiger partial charge >= 0.3 is 0 Å². The van der Waals surface area contributed by atoms with Crippen LogP contribution in [0.1, 0.15) is 43.1 Å². The molecule has 0 spiro atoms. The molecule has 0 saturated carbocycles. The number of rotatable bonds is 6. The zero-order valence-electron chi connectivity index (χ0n) is 17.7. The molecule has 1 aliphatic heterocycles. The monoisotopic (exact) mass is 409 g/mol. The number of nitrogens with zero attached hydrogens (tertiary/aromatic N) is 3. The highest BCUT2D eigenvalue weighted by atomic mass is 19.1. The molecule has 0 amide bonds. The largest absolute Gasteiger partial charge is 0.372 e. The molecule has 2 heterocycles. The van der Waals surface area contributed by atoms with E-state index in [1.54, 1.807) is 0 Å². The third-order valence-electron chi connectivity index (χ3n) is 6.06. The van der Waals surface area contributed by atoms with Crippen LogP contribution in [0.15, 0.2) is 60.8 Å². The fourth-order valence-corrected chi connectivity index (χ4v) is 4.53. The van der Waals surface area contributed by atoms with Crippen LogP contribution in [-0.4, -0.2) is 29.1 Å². The number of hydrogen-bond donors (Lipinski definition) is 0. The summed E-state index contributed by atoms with van der Waals surface area (Å²) in [4.78, 5) is 4.58. The minimum atomic E-state index is -0.405. The summed E-state index contributed by atoms with van der Waals surface area (Å²) in [5.41, 5.74) is 3.79. The Morgan fingerprint density at radius 2 is 1.73 bits per heavy atom. The van der Waals surface area contributed by atoms with Gasteiger partial charge in [-0.2, -0.15) is 0 Å². The van der Waals surface area contributed by atoms with E-state index in [1.807, 2.05) is 18.3 Å². The maximum Gasteiger partial charge on any atom is 0.128 e. The molecule has 0 bridgehead atoms. The summed E-state index contributed by atoms with van der Waals surface area (Å²) in [6, 6.07) is 16.1. The summed E-state index contributed by atoms with van der Waals surface area (Å²) in [6.45, 7) is 8.64. The smallest absolute Gasteiger partial charge is 0.128 e. The molecule has 0 aliphatic carbocycles. The molecule has 30 heavy (non-hydrogen) atoms. The Morgan fingerprint density at radius 3 is 2.47 bits per heavy atom. The number of benzene rings is 2. The van der Waals surface area contributed by atoms with Gasteiger partial charge in [-0.1, -0.05) is 12.1 Å². The van der Waals surface area contributed by atoms with Crippen LogP contribution in [0.4, 0.5) is 14.5 Å². The van der Waals surface area contributed by atoms with E-state index >= 15 is 0 Å². The lowest BCUT2D eigenvalue weighted by Gasteiger charge is -2.31. The first-order valence-electron chi connectivity index (χ1n) is 10.8. The lowest BCUT2D eigenvalue weighted by Crippen LogP contribution is -2.30. The van der Waals surface area contributed by atoms with E-state index in [0.29, 0.717) is 12.1 Å². The number of aromatic nitrogens is 1. The fourth-order valence-electron chi connectivity index (χ4n) is 4.53. The van der Waals surface area contributed by atoms with Crippen molar-refractivity contribution in [1.82, 2.24) is 9.47 Å². The minimum absolute atomic E-state index is 0.319. The van der Waals surface area contributed by atoms with E-state index in [-0.39, 0.29) is 11.9 Å². The van der Waals surface area contributed by atoms with E-state index in [4.69, 9.17) is 0 Å². The highest BCUT2D eigenvalue weighted by molar-refractivity contribution is 5.47. The van der Waals surface area contributed by atoms with Gasteiger partial charge in [-0.15, -0.1) is 0 Å². The lowest BCUT2D eigenvalue weighted by atomic mass is 10.00. The number of fused-ring (bicyclic) bond motifs is 1. The predicted octanol–water partition coefficient (Wildman–Crippen LogP) is 5.61. The molecule has 3 aromatic rings. The van der Waals surface area contributed by atoms with Crippen LogP contribution in [0.5, 0.6) is 0 Å². The topological polar surface area (TPSA) is 11.4 Å². The summed E-state index contributed by atoms with van der Waals surface area (Å²) in [5.74, 6) is -0.768. The molecule has 158 valence electrons. The molecule has 2 aromatic carbocycles. The van der Waals surface area contributed by atoms with Crippen molar-refractivity contribution in [2.24, 2.45) is 0 Å². The van der Waals surface area contributed by atoms with Gasteiger partial charge in [0.05, 0.1) is 6.04 Å². The molecular weight excluding hydrogens is 380 g/mol. The molecule has 1 unspecified atom stereocenters. The van der Waals surface area contributed by atoms with Gasteiger partial charge in [0.1, 0.15) is 11.6 Å². The quantitative estimate of drug-likeness (QED) is 0.524. The Balaban J connectivity index is 1.68. The second-order valence-electron chi connectivity index (χ2n) is 7.86. The fraction of sp³-hybridized carbons (Fsp3) is 0.360. The molecule has 1 aliphatic rings. The molecule has 0 saturated heterocycles.